The number of nitrogens with zero attached hydrogens (tertiary/aromatic N) is 3. The van der Waals surface area contributed by atoms with Crippen LogP contribution in [-0.2, 0) is 11.8 Å². The van der Waals surface area contributed by atoms with Crippen molar-refractivity contribution in [3.8, 4) is 0 Å². The largest absolute Gasteiger partial charge is 0.444 e. The number of aromatic nitrogens is 2. The number of Topliss-reactive ketones (excluding diaryl/α,β-unsaturated/α-hetero) is 1. The third-order valence-corrected chi connectivity index (χ3v) is 4.75. The first-order valence-electron chi connectivity index (χ1n) is 8.29. The number of carbonyl (C=O) groups is 2. The molecule has 3 rings (SSSR count). The predicted molar refractivity (Wildman–Crippen MR) is 85.1 cm³/mol. The lowest BCUT2D eigenvalue weighted by molar-refractivity contribution is 0.00244. The summed E-state index contributed by atoms with van der Waals surface area (Å²) < 4.78 is 7.30. The molecule has 1 aromatic heterocycles. The van der Waals surface area contributed by atoms with Crippen LogP contribution < -0.4 is 0 Å². The Bertz CT molecular complexity index is 603. The molecule has 126 valence electrons. The Morgan fingerprint density at radius 2 is 1.83 bits per heavy atom. The van der Waals surface area contributed by atoms with Crippen LogP contribution in [0.4, 0.5) is 4.79 Å². The maximum atomic E-state index is 12.7. The Hall–Kier alpha value is -1.85. The maximum absolute atomic E-state index is 12.7. The fourth-order valence-corrected chi connectivity index (χ4v) is 3.79. The van der Waals surface area contributed by atoms with E-state index >= 15 is 0 Å². The van der Waals surface area contributed by atoms with Crippen LogP contribution in [0.1, 0.15) is 57.1 Å². The Balaban J connectivity index is 1.71. The van der Waals surface area contributed by atoms with Crippen molar-refractivity contribution in [2.24, 2.45) is 13.0 Å². The van der Waals surface area contributed by atoms with E-state index in [-0.39, 0.29) is 29.9 Å². The molecule has 23 heavy (non-hydrogen) atoms. The lowest BCUT2D eigenvalue weighted by Gasteiger charge is -2.38. The summed E-state index contributed by atoms with van der Waals surface area (Å²) in [5, 5.41) is 0. The van der Waals surface area contributed by atoms with Crippen molar-refractivity contribution in [3.05, 3.63) is 18.2 Å². The van der Waals surface area contributed by atoms with Crippen LogP contribution in [0.3, 0.4) is 0 Å². The van der Waals surface area contributed by atoms with Gasteiger partial charge in [-0.3, -0.25) is 4.79 Å². The van der Waals surface area contributed by atoms with E-state index in [9.17, 15) is 9.59 Å². The minimum atomic E-state index is -0.490. The topological polar surface area (TPSA) is 64.4 Å². The van der Waals surface area contributed by atoms with E-state index in [4.69, 9.17) is 4.74 Å². The minimum Gasteiger partial charge on any atom is -0.444 e. The molecule has 0 saturated carbocycles. The number of hydrogen-bond acceptors (Lipinski definition) is 4. The zero-order chi connectivity index (χ0) is 16.8. The Morgan fingerprint density at radius 1 is 1.22 bits per heavy atom. The molecule has 2 atom stereocenters. The van der Waals surface area contributed by atoms with E-state index in [0.29, 0.717) is 18.7 Å². The molecular formula is C17H25N3O3. The normalized spacial score (nSPS) is 27.1. The molecule has 2 saturated heterocycles. The van der Waals surface area contributed by atoms with Gasteiger partial charge in [0.25, 0.3) is 0 Å². The zero-order valence-electron chi connectivity index (χ0n) is 14.3. The fourth-order valence-electron chi connectivity index (χ4n) is 3.79. The van der Waals surface area contributed by atoms with Crippen molar-refractivity contribution in [2.45, 2.75) is 64.1 Å². The van der Waals surface area contributed by atoms with Gasteiger partial charge in [0.15, 0.2) is 5.82 Å². The third kappa shape index (κ3) is 3.12. The number of ketones is 1. The van der Waals surface area contributed by atoms with Gasteiger partial charge in [0.2, 0.25) is 5.78 Å². The number of hydrogen-bond donors (Lipinski definition) is 0. The number of imidazole rings is 1. The highest BCUT2D eigenvalue weighted by Crippen LogP contribution is 2.40. The van der Waals surface area contributed by atoms with Gasteiger partial charge < -0.3 is 14.2 Å². The second-order valence-electron chi connectivity index (χ2n) is 7.67. The lowest BCUT2D eigenvalue weighted by Crippen LogP contribution is -2.49. The summed E-state index contributed by atoms with van der Waals surface area (Å²) in [5.74, 6) is 0.561. The second-order valence-corrected chi connectivity index (χ2v) is 7.67. The number of aryl methyl sites for hydroxylation is 1. The number of fused-ring (bicyclic) bond motifs is 2. The molecule has 3 heterocycles. The quantitative estimate of drug-likeness (QED) is 0.786. The zero-order valence-corrected chi connectivity index (χ0v) is 14.3. The molecule has 1 aromatic rings. The molecule has 0 spiro atoms. The summed E-state index contributed by atoms with van der Waals surface area (Å²) in [7, 11) is 1.84. The number of amides is 1. The first-order chi connectivity index (χ1) is 10.8. The average Bonchev–Trinajstić information content (AvgIpc) is 2.97. The smallest absolute Gasteiger partial charge is 0.410 e. The summed E-state index contributed by atoms with van der Waals surface area (Å²) in [4.78, 5) is 31.2. The first kappa shape index (κ1) is 16.0. The fraction of sp³-hybridized carbons (Fsp3) is 0.706. The molecule has 6 nitrogen and oxygen atoms in total. The SMILES string of the molecule is Cn1ccnc1C(=O)C1CC2CCC(C1)N2C(=O)OC(C)(C)C. The highest BCUT2D eigenvalue weighted by Gasteiger charge is 2.46. The van der Waals surface area contributed by atoms with Gasteiger partial charge in [-0.1, -0.05) is 0 Å². The minimum absolute atomic E-state index is 0.0488. The van der Waals surface area contributed by atoms with Crippen LogP contribution in [0.25, 0.3) is 0 Å². The summed E-state index contributed by atoms with van der Waals surface area (Å²) in [6, 6.07) is 0.218. The van der Waals surface area contributed by atoms with Crippen LogP contribution in [0.2, 0.25) is 0 Å². The molecular weight excluding hydrogens is 294 g/mol. The standard InChI is InChI=1S/C17H25N3O3/c1-17(2,3)23-16(22)20-12-5-6-13(20)10-11(9-12)14(21)15-18-7-8-19(15)4/h7-8,11-13H,5-6,9-10H2,1-4H3. The van der Waals surface area contributed by atoms with Crippen molar-refractivity contribution in [3.63, 3.8) is 0 Å². The Morgan fingerprint density at radius 3 is 2.30 bits per heavy atom. The van der Waals surface area contributed by atoms with E-state index in [1.54, 1.807) is 17.0 Å². The summed E-state index contributed by atoms with van der Waals surface area (Å²) in [6.45, 7) is 5.64. The van der Waals surface area contributed by atoms with Crippen molar-refractivity contribution in [1.29, 1.82) is 0 Å². The highest BCUT2D eigenvalue weighted by atomic mass is 16.6. The molecule has 2 unspecified atom stereocenters. The van der Waals surface area contributed by atoms with E-state index in [1.807, 2.05) is 32.7 Å². The summed E-state index contributed by atoms with van der Waals surface area (Å²) in [5.41, 5.74) is -0.490. The Kier molecular flexibility index (Phi) is 3.94. The number of ether oxygens (including phenoxy) is 1. The molecule has 0 aliphatic carbocycles. The third-order valence-electron chi connectivity index (χ3n) is 4.75. The second kappa shape index (κ2) is 5.65. The molecule has 2 aliphatic rings. The molecule has 0 radical (unpaired) electrons. The van der Waals surface area contributed by atoms with Crippen LogP contribution >= 0.6 is 0 Å². The molecule has 2 aliphatic heterocycles. The average molecular weight is 319 g/mol. The van der Waals surface area contributed by atoms with Gasteiger partial charge in [-0.25, -0.2) is 9.78 Å². The number of rotatable bonds is 2. The monoisotopic (exact) mass is 319 g/mol. The summed E-state index contributed by atoms with van der Waals surface area (Å²) >= 11 is 0. The first-order valence-corrected chi connectivity index (χ1v) is 8.29. The van der Waals surface area contributed by atoms with Crippen LogP contribution in [-0.4, -0.2) is 44.0 Å². The van der Waals surface area contributed by atoms with Gasteiger partial charge in [0.1, 0.15) is 5.60 Å². The van der Waals surface area contributed by atoms with Crippen molar-refractivity contribution in [2.75, 3.05) is 0 Å². The van der Waals surface area contributed by atoms with Gasteiger partial charge in [0, 0.05) is 37.4 Å². The Labute approximate surface area is 136 Å². The molecule has 2 fully saturated rings. The van der Waals surface area contributed by atoms with E-state index < -0.39 is 5.60 Å². The predicted octanol–water partition coefficient (Wildman–Crippen LogP) is 2.78. The van der Waals surface area contributed by atoms with Gasteiger partial charge in [-0.05, 0) is 46.5 Å². The lowest BCUT2D eigenvalue weighted by atomic mass is 9.87. The van der Waals surface area contributed by atoms with Crippen LogP contribution in [0, 0.1) is 5.92 Å². The van der Waals surface area contributed by atoms with Gasteiger partial charge in [-0.15, -0.1) is 0 Å². The van der Waals surface area contributed by atoms with E-state index in [1.165, 1.54) is 0 Å². The summed E-state index contributed by atoms with van der Waals surface area (Å²) in [6.07, 6.45) is 6.52. The highest BCUT2D eigenvalue weighted by molar-refractivity contribution is 5.95. The number of piperidine rings is 1. The van der Waals surface area contributed by atoms with E-state index in [2.05, 4.69) is 4.98 Å². The van der Waals surface area contributed by atoms with E-state index in [0.717, 1.165) is 12.8 Å². The number of carbonyl (C=O) groups excluding carboxylic acids is 2. The van der Waals surface area contributed by atoms with Gasteiger partial charge in [0.05, 0.1) is 0 Å². The van der Waals surface area contributed by atoms with Gasteiger partial charge >= 0.3 is 6.09 Å². The maximum Gasteiger partial charge on any atom is 0.410 e. The molecule has 2 bridgehead atoms. The molecule has 0 aromatic carbocycles. The molecule has 6 heteroatoms. The van der Waals surface area contributed by atoms with Crippen molar-refractivity contribution in [1.82, 2.24) is 14.5 Å². The molecule has 1 amide bonds. The van der Waals surface area contributed by atoms with Crippen molar-refractivity contribution >= 4 is 11.9 Å². The molecule has 0 N–H and O–H groups in total. The van der Waals surface area contributed by atoms with Crippen LogP contribution in [0.15, 0.2) is 12.4 Å². The van der Waals surface area contributed by atoms with Crippen LogP contribution in [0.5, 0.6) is 0 Å². The van der Waals surface area contributed by atoms with Gasteiger partial charge in [-0.2, -0.15) is 0 Å². The van der Waals surface area contributed by atoms with Crippen molar-refractivity contribution < 1.29 is 14.3 Å².